The van der Waals surface area contributed by atoms with Gasteiger partial charge in [0.25, 0.3) is 5.56 Å². The van der Waals surface area contributed by atoms with Crippen LogP contribution in [0.1, 0.15) is 30.0 Å². The van der Waals surface area contributed by atoms with Gasteiger partial charge in [0, 0.05) is 29.7 Å². The molecule has 0 amide bonds. The molecule has 0 aliphatic heterocycles. The summed E-state index contributed by atoms with van der Waals surface area (Å²) in [6.45, 7) is 2.46. The van der Waals surface area contributed by atoms with E-state index in [4.69, 9.17) is 11.6 Å². The molecule has 0 unspecified atom stereocenters. The number of hydrogen-bond donors (Lipinski definition) is 3. The van der Waals surface area contributed by atoms with E-state index in [9.17, 15) is 9.90 Å². The van der Waals surface area contributed by atoms with Crippen molar-refractivity contribution < 1.29 is 5.11 Å². The highest BCUT2D eigenvalue weighted by Crippen LogP contribution is 2.25. The Kier molecular flexibility index (Phi) is 5.42. The first-order valence-electron chi connectivity index (χ1n) is 8.76. The Labute approximate surface area is 157 Å². The van der Waals surface area contributed by atoms with Crippen LogP contribution in [0.5, 0.6) is 5.75 Å². The molecule has 0 spiro atoms. The van der Waals surface area contributed by atoms with E-state index in [1.54, 1.807) is 18.5 Å². The second-order valence-electron chi connectivity index (χ2n) is 6.35. The SMILES string of the molecule is CCCc1cnc2c(O)c(/C(N)=C/N(N)Cc3ccccc3)ccn2c1=O. The van der Waals surface area contributed by atoms with Crippen LogP contribution in [0, 0.1) is 0 Å². The molecule has 0 saturated heterocycles. The fourth-order valence-electron chi connectivity index (χ4n) is 2.93. The van der Waals surface area contributed by atoms with Gasteiger partial charge in [-0.05, 0) is 18.1 Å². The number of hydrazine groups is 1. The molecular formula is C20H23N5O2. The van der Waals surface area contributed by atoms with Crippen molar-refractivity contribution in [3.63, 3.8) is 0 Å². The van der Waals surface area contributed by atoms with E-state index in [0.29, 0.717) is 24.1 Å². The van der Waals surface area contributed by atoms with Crippen LogP contribution in [0.4, 0.5) is 0 Å². The molecule has 0 aliphatic carbocycles. The van der Waals surface area contributed by atoms with Gasteiger partial charge in [0.1, 0.15) is 0 Å². The molecule has 27 heavy (non-hydrogen) atoms. The Balaban J connectivity index is 1.92. The van der Waals surface area contributed by atoms with Crippen molar-refractivity contribution in [3.8, 4) is 5.75 Å². The van der Waals surface area contributed by atoms with Crippen molar-refractivity contribution in [1.29, 1.82) is 0 Å². The summed E-state index contributed by atoms with van der Waals surface area (Å²) < 4.78 is 1.33. The third-order valence-corrected chi connectivity index (χ3v) is 4.26. The number of nitrogens with two attached hydrogens (primary N) is 2. The zero-order chi connectivity index (χ0) is 19.4. The molecule has 7 heteroatoms. The van der Waals surface area contributed by atoms with Crippen LogP contribution in [-0.2, 0) is 13.0 Å². The van der Waals surface area contributed by atoms with E-state index in [-0.39, 0.29) is 22.7 Å². The lowest BCUT2D eigenvalue weighted by Crippen LogP contribution is -2.25. The first kappa shape index (κ1) is 18.5. The molecule has 0 radical (unpaired) electrons. The highest BCUT2D eigenvalue weighted by molar-refractivity contribution is 5.73. The molecular weight excluding hydrogens is 342 g/mol. The second kappa shape index (κ2) is 7.92. The quantitative estimate of drug-likeness (QED) is 0.455. The summed E-state index contributed by atoms with van der Waals surface area (Å²) in [4.78, 5) is 16.7. The number of rotatable bonds is 6. The van der Waals surface area contributed by atoms with Crippen LogP contribution in [0.3, 0.4) is 0 Å². The topological polar surface area (TPSA) is 110 Å². The number of benzene rings is 1. The van der Waals surface area contributed by atoms with Gasteiger partial charge in [-0.1, -0.05) is 43.7 Å². The zero-order valence-corrected chi connectivity index (χ0v) is 15.2. The Morgan fingerprint density at radius 2 is 2.04 bits per heavy atom. The minimum absolute atomic E-state index is 0.153. The van der Waals surface area contributed by atoms with E-state index in [1.807, 2.05) is 37.3 Å². The summed E-state index contributed by atoms with van der Waals surface area (Å²) in [6.07, 6.45) is 6.10. The molecule has 0 bridgehead atoms. The molecule has 2 heterocycles. The molecule has 0 fully saturated rings. The number of nitrogens with zero attached hydrogens (tertiary/aromatic N) is 3. The van der Waals surface area contributed by atoms with E-state index in [1.165, 1.54) is 15.6 Å². The predicted octanol–water partition coefficient (Wildman–Crippen LogP) is 1.99. The molecule has 0 saturated carbocycles. The lowest BCUT2D eigenvalue weighted by Gasteiger charge is -2.16. The third kappa shape index (κ3) is 3.93. The molecule has 140 valence electrons. The Morgan fingerprint density at radius 1 is 1.30 bits per heavy atom. The summed E-state index contributed by atoms with van der Waals surface area (Å²) in [5, 5.41) is 12.0. The molecule has 7 nitrogen and oxygen atoms in total. The monoisotopic (exact) mass is 365 g/mol. The van der Waals surface area contributed by atoms with E-state index in [2.05, 4.69) is 4.98 Å². The van der Waals surface area contributed by atoms with Gasteiger partial charge in [-0.15, -0.1) is 0 Å². The summed E-state index contributed by atoms with van der Waals surface area (Å²) in [7, 11) is 0. The number of fused-ring (bicyclic) bond motifs is 1. The van der Waals surface area contributed by atoms with Gasteiger partial charge in [0.2, 0.25) is 0 Å². The Morgan fingerprint density at radius 3 is 2.74 bits per heavy atom. The largest absolute Gasteiger partial charge is 0.504 e. The van der Waals surface area contributed by atoms with Crippen LogP contribution >= 0.6 is 0 Å². The van der Waals surface area contributed by atoms with Gasteiger partial charge >= 0.3 is 0 Å². The summed E-state index contributed by atoms with van der Waals surface area (Å²) in [5.74, 6) is 5.86. The van der Waals surface area contributed by atoms with Crippen molar-refractivity contribution in [2.24, 2.45) is 11.6 Å². The van der Waals surface area contributed by atoms with Crippen molar-refractivity contribution in [2.45, 2.75) is 26.3 Å². The molecule has 3 rings (SSSR count). The molecule has 5 N–H and O–H groups in total. The van der Waals surface area contributed by atoms with Crippen LogP contribution in [0.25, 0.3) is 11.3 Å². The van der Waals surface area contributed by atoms with Gasteiger partial charge in [-0.25, -0.2) is 10.8 Å². The first-order chi connectivity index (χ1) is 13.0. The Hall–Kier alpha value is -3.32. The summed E-state index contributed by atoms with van der Waals surface area (Å²) in [5.41, 5.74) is 8.39. The average Bonchev–Trinajstić information content (AvgIpc) is 2.65. The standard InChI is InChI=1S/C20H23N5O2/c1-2-6-15-11-23-19-18(26)16(9-10-25(19)20(15)27)17(21)13-24(22)12-14-7-4-3-5-8-14/h3-5,7-11,13,26H,2,6,12,21-22H2,1H3/b17-13-. The minimum atomic E-state index is -0.184. The number of aryl methyl sites for hydroxylation is 1. The summed E-state index contributed by atoms with van der Waals surface area (Å²) in [6, 6.07) is 11.3. The van der Waals surface area contributed by atoms with E-state index in [0.717, 1.165) is 12.0 Å². The first-order valence-corrected chi connectivity index (χ1v) is 8.76. The van der Waals surface area contributed by atoms with Gasteiger partial charge < -0.3 is 15.8 Å². The van der Waals surface area contributed by atoms with Gasteiger partial charge in [0.05, 0.1) is 12.2 Å². The second-order valence-corrected chi connectivity index (χ2v) is 6.35. The fraction of sp³-hybridized carbons (Fsp3) is 0.200. The van der Waals surface area contributed by atoms with Crippen LogP contribution < -0.4 is 17.1 Å². The maximum absolute atomic E-state index is 12.5. The number of hydrogen-bond acceptors (Lipinski definition) is 6. The lowest BCUT2D eigenvalue weighted by molar-refractivity contribution is 0.387. The van der Waals surface area contributed by atoms with E-state index >= 15 is 0 Å². The average molecular weight is 365 g/mol. The molecule has 1 aromatic carbocycles. The highest BCUT2D eigenvalue weighted by Gasteiger charge is 2.13. The fourth-order valence-corrected chi connectivity index (χ4v) is 2.93. The van der Waals surface area contributed by atoms with Crippen molar-refractivity contribution in [3.05, 3.63) is 82.0 Å². The zero-order valence-electron chi connectivity index (χ0n) is 15.2. The van der Waals surface area contributed by atoms with Crippen molar-refractivity contribution in [2.75, 3.05) is 0 Å². The summed E-state index contributed by atoms with van der Waals surface area (Å²) >= 11 is 0. The number of aromatic hydroxyl groups is 1. The maximum Gasteiger partial charge on any atom is 0.261 e. The third-order valence-electron chi connectivity index (χ3n) is 4.26. The maximum atomic E-state index is 12.5. The lowest BCUT2D eigenvalue weighted by atomic mass is 10.1. The molecule has 2 aromatic heterocycles. The predicted molar refractivity (Wildman–Crippen MR) is 105 cm³/mol. The Bertz CT molecular complexity index is 1030. The molecule has 3 aromatic rings. The number of pyridine rings is 1. The molecule has 0 atom stereocenters. The van der Waals surface area contributed by atoms with Crippen molar-refractivity contribution in [1.82, 2.24) is 14.4 Å². The van der Waals surface area contributed by atoms with Gasteiger partial charge in [0.15, 0.2) is 11.4 Å². The minimum Gasteiger partial charge on any atom is -0.504 e. The van der Waals surface area contributed by atoms with Crippen molar-refractivity contribution >= 4 is 11.3 Å². The van der Waals surface area contributed by atoms with Crippen LogP contribution in [0.2, 0.25) is 0 Å². The van der Waals surface area contributed by atoms with Crippen LogP contribution in [-0.4, -0.2) is 19.5 Å². The van der Waals surface area contributed by atoms with Gasteiger partial charge in [-0.3, -0.25) is 9.20 Å². The molecule has 0 aliphatic rings. The van der Waals surface area contributed by atoms with E-state index < -0.39 is 0 Å². The highest BCUT2D eigenvalue weighted by atomic mass is 16.3. The number of aromatic nitrogens is 2. The van der Waals surface area contributed by atoms with Gasteiger partial charge in [-0.2, -0.15) is 0 Å². The normalized spacial score (nSPS) is 11.7. The smallest absolute Gasteiger partial charge is 0.261 e. The van der Waals surface area contributed by atoms with Crippen LogP contribution in [0.15, 0.2) is 59.8 Å².